The Labute approximate surface area is 252 Å². The zero-order chi connectivity index (χ0) is 30.9. The molecule has 0 aliphatic carbocycles. The van der Waals surface area contributed by atoms with Crippen LogP contribution in [0.2, 0.25) is 0 Å². The highest BCUT2D eigenvalue weighted by atomic mass is 16.5. The maximum absolute atomic E-state index is 13.4. The molecule has 0 spiro atoms. The number of para-hydroxylation sites is 2. The van der Waals surface area contributed by atoms with Gasteiger partial charge >= 0.3 is 0 Å². The molecular formula is C32H29N7O5. The van der Waals surface area contributed by atoms with Crippen LogP contribution in [-0.2, 0) is 0 Å². The molecule has 6 N–H and O–H groups in total. The number of carbonyl (C=O) groups is 2. The van der Waals surface area contributed by atoms with Crippen LogP contribution in [0.1, 0.15) is 21.0 Å². The van der Waals surface area contributed by atoms with Crippen LogP contribution in [-0.4, -0.2) is 59.7 Å². The summed E-state index contributed by atoms with van der Waals surface area (Å²) in [6, 6.07) is 20.6. The third kappa shape index (κ3) is 6.99. The highest BCUT2D eigenvalue weighted by molar-refractivity contribution is 6.07. The van der Waals surface area contributed by atoms with Gasteiger partial charge in [0, 0.05) is 48.1 Å². The first-order chi connectivity index (χ1) is 21.5. The maximum atomic E-state index is 13.4. The Balaban J connectivity index is 1.44. The fourth-order valence-electron chi connectivity index (χ4n) is 4.30. The van der Waals surface area contributed by atoms with Crippen molar-refractivity contribution in [2.24, 2.45) is 11.5 Å². The predicted octanol–water partition coefficient (Wildman–Crippen LogP) is 3.37. The van der Waals surface area contributed by atoms with E-state index in [9.17, 15) is 9.59 Å². The lowest BCUT2D eigenvalue weighted by Crippen LogP contribution is -2.20. The van der Waals surface area contributed by atoms with Gasteiger partial charge in [0.05, 0.1) is 11.0 Å². The van der Waals surface area contributed by atoms with Gasteiger partial charge in [-0.1, -0.05) is 30.2 Å². The Morgan fingerprint density at radius 2 is 1.18 bits per heavy atom. The van der Waals surface area contributed by atoms with Crippen LogP contribution in [0.5, 0.6) is 17.2 Å². The average molecular weight is 592 g/mol. The number of pyridine rings is 3. The van der Waals surface area contributed by atoms with Gasteiger partial charge in [-0.25, -0.2) is 15.0 Å². The highest BCUT2D eigenvalue weighted by Gasteiger charge is 2.19. The van der Waals surface area contributed by atoms with Crippen LogP contribution >= 0.6 is 0 Å². The SMILES string of the molecule is C#CCOc1cc(C(=O)Nc2cc(OCCN)c3ccccc3n2)nc(C(=O)Nc2cc(OCCN)c3ccccc3n2)c1. The van der Waals surface area contributed by atoms with E-state index in [1.807, 2.05) is 36.4 Å². The molecule has 0 aliphatic rings. The Hall–Kier alpha value is -5.77. The molecule has 44 heavy (non-hydrogen) atoms. The molecule has 222 valence electrons. The second-order valence-corrected chi connectivity index (χ2v) is 9.29. The Morgan fingerprint density at radius 3 is 1.64 bits per heavy atom. The summed E-state index contributed by atoms with van der Waals surface area (Å²) in [5.41, 5.74) is 12.2. The van der Waals surface area contributed by atoms with Crippen LogP contribution in [0.25, 0.3) is 21.8 Å². The van der Waals surface area contributed by atoms with Crippen LogP contribution in [0.15, 0.2) is 72.8 Å². The zero-order valence-electron chi connectivity index (χ0n) is 23.6. The van der Waals surface area contributed by atoms with Gasteiger partial charge in [-0.3, -0.25) is 9.59 Å². The van der Waals surface area contributed by atoms with E-state index in [0.717, 1.165) is 10.8 Å². The van der Waals surface area contributed by atoms with Gasteiger partial charge in [-0.2, -0.15) is 0 Å². The molecule has 0 saturated heterocycles. The van der Waals surface area contributed by atoms with E-state index in [-0.39, 0.29) is 48.6 Å². The van der Waals surface area contributed by atoms with E-state index >= 15 is 0 Å². The third-order valence-corrected chi connectivity index (χ3v) is 6.18. The zero-order valence-corrected chi connectivity index (χ0v) is 23.6. The molecule has 12 heteroatoms. The van der Waals surface area contributed by atoms with Crippen molar-refractivity contribution < 1.29 is 23.8 Å². The lowest BCUT2D eigenvalue weighted by atomic mass is 10.2. The number of hydrogen-bond donors (Lipinski definition) is 4. The number of nitrogens with two attached hydrogens (primary N) is 2. The van der Waals surface area contributed by atoms with Gasteiger partial charge in [0.1, 0.15) is 60.1 Å². The summed E-state index contributed by atoms with van der Waals surface area (Å²) in [7, 11) is 0. The van der Waals surface area contributed by atoms with Crippen molar-refractivity contribution in [3.05, 3.63) is 84.2 Å². The quantitative estimate of drug-likeness (QED) is 0.157. The first-order valence-corrected chi connectivity index (χ1v) is 13.7. The summed E-state index contributed by atoms with van der Waals surface area (Å²) >= 11 is 0. The topological polar surface area (TPSA) is 177 Å². The second kappa shape index (κ2) is 13.9. The summed E-state index contributed by atoms with van der Waals surface area (Å²) in [4.78, 5) is 40.1. The smallest absolute Gasteiger partial charge is 0.275 e. The van der Waals surface area contributed by atoms with E-state index in [4.69, 9.17) is 32.1 Å². The minimum Gasteiger partial charge on any atom is -0.491 e. The number of nitrogens with zero attached hydrogens (tertiary/aromatic N) is 3. The fourth-order valence-corrected chi connectivity index (χ4v) is 4.30. The van der Waals surface area contributed by atoms with Gasteiger partial charge < -0.3 is 36.3 Å². The molecule has 0 aliphatic heterocycles. The summed E-state index contributed by atoms with van der Waals surface area (Å²) in [6.45, 7) is 1.10. The normalized spacial score (nSPS) is 10.7. The van der Waals surface area contributed by atoms with Crippen LogP contribution < -0.4 is 36.3 Å². The van der Waals surface area contributed by atoms with Crippen molar-refractivity contribution in [3.63, 3.8) is 0 Å². The molecule has 3 heterocycles. The number of fused-ring (bicyclic) bond motifs is 2. The summed E-state index contributed by atoms with van der Waals surface area (Å²) in [5.74, 6) is 2.70. The van der Waals surface area contributed by atoms with E-state index in [1.54, 1.807) is 24.3 Å². The number of carbonyl (C=O) groups excluding carboxylic acids is 2. The van der Waals surface area contributed by atoms with Gasteiger partial charge in [0.15, 0.2) is 0 Å². The van der Waals surface area contributed by atoms with E-state index in [2.05, 4.69) is 31.5 Å². The summed E-state index contributed by atoms with van der Waals surface area (Å²) in [5, 5.41) is 6.97. The molecule has 0 fully saturated rings. The van der Waals surface area contributed by atoms with Crippen molar-refractivity contribution in [1.29, 1.82) is 0 Å². The standard InChI is InChI=1S/C32H29N7O5/c1-2-13-42-20-16-25(31(40)38-29-18-27(43-14-11-33)21-7-3-5-9-23(21)36-29)35-26(17-20)32(41)39-30-19-28(44-15-12-34)22-8-4-6-10-24(22)37-30/h1,3-10,16-19H,11-15,33-34H2,(H,36,38,40)(H,37,39,41). The molecule has 2 aromatic carbocycles. The number of aromatic nitrogens is 3. The average Bonchev–Trinajstić information content (AvgIpc) is 3.04. The lowest BCUT2D eigenvalue weighted by Gasteiger charge is -2.13. The number of rotatable bonds is 12. The minimum atomic E-state index is -0.640. The van der Waals surface area contributed by atoms with Crippen LogP contribution in [0, 0.1) is 12.3 Å². The number of nitrogens with one attached hydrogen (secondary N) is 2. The van der Waals surface area contributed by atoms with Crippen molar-refractivity contribution in [3.8, 4) is 29.6 Å². The molecule has 0 bridgehead atoms. The third-order valence-electron chi connectivity index (χ3n) is 6.18. The molecule has 0 radical (unpaired) electrons. The number of hydrogen-bond acceptors (Lipinski definition) is 10. The molecular weight excluding hydrogens is 562 g/mol. The number of amides is 2. The molecule has 0 atom stereocenters. The molecule has 0 saturated carbocycles. The maximum Gasteiger partial charge on any atom is 0.275 e. The van der Waals surface area contributed by atoms with Crippen molar-refractivity contribution in [1.82, 2.24) is 15.0 Å². The lowest BCUT2D eigenvalue weighted by molar-refractivity contribution is 0.101. The highest BCUT2D eigenvalue weighted by Crippen LogP contribution is 2.29. The van der Waals surface area contributed by atoms with Gasteiger partial charge in [0.25, 0.3) is 11.8 Å². The minimum absolute atomic E-state index is 0.0890. The van der Waals surface area contributed by atoms with E-state index in [1.165, 1.54) is 12.1 Å². The molecule has 3 aromatic heterocycles. The van der Waals surface area contributed by atoms with Crippen molar-refractivity contribution in [2.75, 3.05) is 43.5 Å². The number of anilines is 2. The van der Waals surface area contributed by atoms with Gasteiger partial charge in [-0.15, -0.1) is 6.42 Å². The number of ether oxygens (including phenoxy) is 3. The molecule has 5 rings (SSSR count). The van der Waals surface area contributed by atoms with Gasteiger partial charge in [0.2, 0.25) is 0 Å². The number of benzene rings is 2. The van der Waals surface area contributed by atoms with Crippen molar-refractivity contribution in [2.45, 2.75) is 0 Å². The Kier molecular flexibility index (Phi) is 9.41. The first kappa shape index (κ1) is 29.7. The fraction of sp³-hybridized carbons (Fsp3) is 0.156. The largest absolute Gasteiger partial charge is 0.491 e. The monoisotopic (exact) mass is 591 g/mol. The van der Waals surface area contributed by atoms with E-state index < -0.39 is 11.8 Å². The predicted molar refractivity (Wildman–Crippen MR) is 167 cm³/mol. The Morgan fingerprint density at radius 1 is 0.705 bits per heavy atom. The van der Waals surface area contributed by atoms with Gasteiger partial charge in [-0.05, 0) is 24.3 Å². The van der Waals surface area contributed by atoms with Crippen molar-refractivity contribution >= 4 is 45.3 Å². The van der Waals surface area contributed by atoms with Crippen LogP contribution in [0.4, 0.5) is 11.6 Å². The Bertz CT molecular complexity index is 1750. The molecule has 0 unspecified atom stereocenters. The molecule has 12 nitrogen and oxygen atoms in total. The van der Waals surface area contributed by atoms with Crippen LogP contribution in [0.3, 0.4) is 0 Å². The van der Waals surface area contributed by atoms with E-state index in [0.29, 0.717) is 35.6 Å². The second-order valence-electron chi connectivity index (χ2n) is 9.29. The molecule has 2 amide bonds. The molecule has 5 aromatic rings. The number of terminal acetylenes is 1. The first-order valence-electron chi connectivity index (χ1n) is 13.7. The summed E-state index contributed by atoms with van der Waals surface area (Å²) < 4.78 is 17.1. The summed E-state index contributed by atoms with van der Waals surface area (Å²) in [6.07, 6.45) is 5.36.